The molecule has 5 nitrogen and oxygen atoms in total. The molecule has 140 valence electrons. The Bertz CT molecular complexity index is 907. The summed E-state index contributed by atoms with van der Waals surface area (Å²) in [6, 6.07) is 13.8. The predicted octanol–water partition coefficient (Wildman–Crippen LogP) is 5.03. The zero-order valence-corrected chi connectivity index (χ0v) is 17.0. The second kappa shape index (κ2) is 8.06. The number of rotatable bonds is 4. The molecule has 0 aliphatic carbocycles. The average molecular weight is 401 g/mol. The van der Waals surface area contributed by atoms with Crippen LogP contribution in [0.3, 0.4) is 0 Å². The van der Waals surface area contributed by atoms with Crippen molar-refractivity contribution in [3.63, 3.8) is 0 Å². The SMILES string of the molecule is CC(C)(C)OC(=S)N(Cc1ccccc1)c1cn(-c2cccnc2)nc1Cl. The topological polar surface area (TPSA) is 43.2 Å². The maximum atomic E-state index is 6.46. The highest BCUT2D eigenvalue weighted by Gasteiger charge is 2.24. The molecule has 0 saturated carbocycles. The number of benzene rings is 1. The van der Waals surface area contributed by atoms with E-state index in [1.54, 1.807) is 17.1 Å². The third-order valence-electron chi connectivity index (χ3n) is 3.65. The highest BCUT2D eigenvalue weighted by molar-refractivity contribution is 7.80. The zero-order chi connectivity index (χ0) is 19.4. The second-order valence-corrected chi connectivity index (χ2v) is 7.72. The lowest BCUT2D eigenvalue weighted by Crippen LogP contribution is -2.36. The number of pyridine rings is 1. The fraction of sp³-hybridized carbons (Fsp3) is 0.250. The number of anilines is 1. The summed E-state index contributed by atoms with van der Waals surface area (Å²) < 4.78 is 7.63. The minimum Gasteiger partial charge on any atom is -0.465 e. The van der Waals surface area contributed by atoms with Gasteiger partial charge in [0.05, 0.1) is 24.6 Å². The van der Waals surface area contributed by atoms with Gasteiger partial charge in [-0.25, -0.2) is 4.68 Å². The first kappa shape index (κ1) is 19.3. The van der Waals surface area contributed by atoms with Gasteiger partial charge in [-0.2, -0.15) is 5.10 Å². The van der Waals surface area contributed by atoms with Crippen LogP contribution in [0, 0.1) is 0 Å². The average Bonchev–Trinajstić information content (AvgIpc) is 3.01. The Kier molecular flexibility index (Phi) is 5.77. The van der Waals surface area contributed by atoms with Crippen molar-refractivity contribution in [2.75, 3.05) is 4.90 Å². The lowest BCUT2D eigenvalue weighted by atomic mass is 10.2. The number of ether oxygens (including phenoxy) is 1. The first-order valence-electron chi connectivity index (χ1n) is 8.53. The molecular weight excluding hydrogens is 380 g/mol. The molecule has 0 atom stereocenters. The second-order valence-electron chi connectivity index (χ2n) is 7.01. The normalized spacial score (nSPS) is 11.3. The molecule has 0 bridgehead atoms. The van der Waals surface area contributed by atoms with Crippen molar-refractivity contribution in [1.29, 1.82) is 0 Å². The molecule has 0 saturated heterocycles. The highest BCUT2D eigenvalue weighted by atomic mass is 35.5. The zero-order valence-electron chi connectivity index (χ0n) is 15.5. The summed E-state index contributed by atoms with van der Waals surface area (Å²) in [5, 5.41) is 5.10. The Morgan fingerprint density at radius 1 is 1.19 bits per heavy atom. The smallest absolute Gasteiger partial charge is 0.264 e. The van der Waals surface area contributed by atoms with Crippen LogP contribution >= 0.6 is 23.8 Å². The van der Waals surface area contributed by atoms with Crippen LogP contribution in [0.1, 0.15) is 26.3 Å². The van der Waals surface area contributed by atoms with E-state index in [0.717, 1.165) is 11.3 Å². The van der Waals surface area contributed by atoms with Gasteiger partial charge in [0.1, 0.15) is 11.3 Å². The molecule has 0 spiro atoms. The van der Waals surface area contributed by atoms with Crippen LogP contribution in [0.5, 0.6) is 0 Å². The van der Waals surface area contributed by atoms with Crippen LogP contribution in [-0.4, -0.2) is 25.5 Å². The molecule has 0 N–H and O–H groups in total. The summed E-state index contributed by atoms with van der Waals surface area (Å²) >= 11 is 12.0. The number of halogens is 1. The van der Waals surface area contributed by atoms with Crippen molar-refractivity contribution in [1.82, 2.24) is 14.8 Å². The Morgan fingerprint density at radius 3 is 2.56 bits per heavy atom. The van der Waals surface area contributed by atoms with E-state index in [1.807, 2.05) is 74.3 Å². The summed E-state index contributed by atoms with van der Waals surface area (Å²) in [4.78, 5) is 5.99. The Balaban J connectivity index is 1.97. The van der Waals surface area contributed by atoms with Crippen molar-refractivity contribution < 1.29 is 4.74 Å². The first-order chi connectivity index (χ1) is 12.8. The number of nitrogens with zero attached hydrogens (tertiary/aromatic N) is 4. The third kappa shape index (κ3) is 5.05. The van der Waals surface area contributed by atoms with Crippen molar-refractivity contribution in [3.8, 4) is 5.69 Å². The highest BCUT2D eigenvalue weighted by Crippen LogP contribution is 2.29. The molecule has 27 heavy (non-hydrogen) atoms. The van der Waals surface area contributed by atoms with Gasteiger partial charge in [0.2, 0.25) is 0 Å². The van der Waals surface area contributed by atoms with Crippen LogP contribution in [0.25, 0.3) is 5.69 Å². The van der Waals surface area contributed by atoms with Crippen LogP contribution in [0.2, 0.25) is 5.15 Å². The summed E-state index contributed by atoms with van der Waals surface area (Å²) in [5.74, 6) is 0. The van der Waals surface area contributed by atoms with Gasteiger partial charge in [-0.15, -0.1) is 0 Å². The van der Waals surface area contributed by atoms with E-state index in [-0.39, 0.29) is 0 Å². The standard InChI is InChI=1S/C20H21ClN4OS/c1-20(2,3)26-19(27)24(13-15-8-5-4-6-9-15)17-14-25(23-18(17)21)16-10-7-11-22-12-16/h4-12,14H,13H2,1-3H3. The fourth-order valence-electron chi connectivity index (χ4n) is 2.48. The quantitative estimate of drug-likeness (QED) is 0.575. The molecule has 7 heteroatoms. The van der Waals surface area contributed by atoms with Gasteiger partial charge in [-0.1, -0.05) is 41.9 Å². The largest absolute Gasteiger partial charge is 0.465 e. The molecule has 0 fully saturated rings. The lowest BCUT2D eigenvalue weighted by molar-refractivity contribution is 0.118. The Morgan fingerprint density at radius 2 is 1.93 bits per heavy atom. The maximum absolute atomic E-state index is 6.46. The van der Waals surface area contributed by atoms with E-state index < -0.39 is 5.60 Å². The summed E-state index contributed by atoms with van der Waals surface area (Å²) in [6.07, 6.45) is 5.27. The number of aromatic nitrogens is 3. The van der Waals surface area contributed by atoms with Crippen LogP contribution < -0.4 is 4.90 Å². The number of hydrogen-bond donors (Lipinski definition) is 0. The summed E-state index contributed by atoms with van der Waals surface area (Å²) in [7, 11) is 0. The van der Waals surface area contributed by atoms with Crippen molar-refractivity contribution in [2.45, 2.75) is 32.9 Å². The molecule has 3 rings (SSSR count). The van der Waals surface area contributed by atoms with E-state index in [2.05, 4.69) is 10.1 Å². The molecule has 0 aliphatic rings. The predicted molar refractivity (Wildman–Crippen MR) is 112 cm³/mol. The van der Waals surface area contributed by atoms with Crippen LogP contribution in [0.4, 0.5) is 5.69 Å². The van der Waals surface area contributed by atoms with Gasteiger partial charge in [0.15, 0.2) is 5.15 Å². The molecule has 0 amide bonds. The van der Waals surface area contributed by atoms with E-state index in [9.17, 15) is 0 Å². The van der Waals surface area contributed by atoms with Crippen LogP contribution in [0.15, 0.2) is 61.1 Å². The molecule has 2 heterocycles. The van der Waals surface area contributed by atoms with Gasteiger partial charge >= 0.3 is 0 Å². The number of thiocarbonyl (C=S) groups is 1. The molecule has 2 aromatic heterocycles. The molecule has 0 aliphatic heterocycles. The minimum atomic E-state index is -0.419. The molecule has 3 aromatic rings. The van der Waals surface area contributed by atoms with Crippen molar-refractivity contribution in [3.05, 3.63) is 71.8 Å². The van der Waals surface area contributed by atoms with Gasteiger partial charge in [-0.3, -0.25) is 9.88 Å². The van der Waals surface area contributed by atoms with Gasteiger partial charge < -0.3 is 4.74 Å². The Hall–Kier alpha value is -2.44. The first-order valence-corrected chi connectivity index (χ1v) is 9.32. The fourth-order valence-corrected chi connectivity index (χ4v) is 3.12. The van der Waals surface area contributed by atoms with E-state index >= 15 is 0 Å². The monoisotopic (exact) mass is 400 g/mol. The van der Waals surface area contributed by atoms with Crippen molar-refractivity contribution in [2.24, 2.45) is 0 Å². The van der Waals surface area contributed by atoms with E-state index in [0.29, 0.717) is 22.6 Å². The van der Waals surface area contributed by atoms with Gasteiger partial charge in [-0.05, 0) is 50.7 Å². The summed E-state index contributed by atoms with van der Waals surface area (Å²) in [5.41, 5.74) is 2.16. The number of hydrogen-bond acceptors (Lipinski definition) is 4. The minimum absolute atomic E-state index is 0.342. The van der Waals surface area contributed by atoms with Gasteiger partial charge in [0, 0.05) is 6.20 Å². The third-order valence-corrected chi connectivity index (χ3v) is 4.22. The van der Waals surface area contributed by atoms with Crippen LogP contribution in [-0.2, 0) is 11.3 Å². The molecule has 1 aromatic carbocycles. The maximum Gasteiger partial charge on any atom is 0.264 e. The van der Waals surface area contributed by atoms with E-state index in [4.69, 9.17) is 28.6 Å². The molecule has 0 unspecified atom stereocenters. The lowest BCUT2D eigenvalue weighted by Gasteiger charge is -2.29. The van der Waals surface area contributed by atoms with Gasteiger partial charge in [0.25, 0.3) is 5.17 Å². The Labute approximate surface area is 169 Å². The molecular formula is C20H21ClN4OS. The van der Waals surface area contributed by atoms with Crippen molar-refractivity contribution >= 4 is 34.7 Å². The van der Waals surface area contributed by atoms with E-state index in [1.165, 1.54) is 0 Å². The molecule has 0 radical (unpaired) electrons. The summed E-state index contributed by atoms with van der Waals surface area (Å²) in [6.45, 7) is 6.40.